The Labute approximate surface area is 105 Å². The van der Waals surface area contributed by atoms with E-state index >= 15 is 0 Å². The van der Waals surface area contributed by atoms with Crippen LogP contribution in [0.1, 0.15) is 31.7 Å². The summed E-state index contributed by atoms with van der Waals surface area (Å²) in [5, 5.41) is 0. The van der Waals surface area contributed by atoms with Crippen molar-refractivity contribution in [3.05, 3.63) is 29.8 Å². The molecule has 1 aromatic rings. The number of benzene rings is 1. The number of nitrogens with two attached hydrogens (primary N) is 1. The fourth-order valence-electron chi connectivity index (χ4n) is 2.75. The van der Waals surface area contributed by atoms with Crippen LogP contribution in [0.15, 0.2) is 24.3 Å². The molecule has 1 aromatic carbocycles. The summed E-state index contributed by atoms with van der Waals surface area (Å²) in [5.41, 5.74) is 8.29. The van der Waals surface area contributed by atoms with Crippen molar-refractivity contribution in [2.24, 2.45) is 11.7 Å². The molecule has 0 saturated carbocycles. The van der Waals surface area contributed by atoms with E-state index in [4.69, 9.17) is 5.73 Å². The van der Waals surface area contributed by atoms with Gasteiger partial charge in [-0.25, -0.2) is 0 Å². The molecule has 1 fully saturated rings. The third kappa shape index (κ3) is 3.22. The van der Waals surface area contributed by atoms with E-state index in [-0.39, 0.29) is 0 Å². The molecule has 1 aliphatic heterocycles. The van der Waals surface area contributed by atoms with Gasteiger partial charge in [-0.05, 0) is 49.4 Å². The fourth-order valence-corrected chi connectivity index (χ4v) is 2.75. The van der Waals surface area contributed by atoms with Crippen LogP contribution in [0.2, 0.25) is 0 Å². The topological polar surface area (TPSA) is 29.3 Å². The van der Waals surface area contributed by atoms with E-state index in [0.717, 1.165) is 18.9 Å². The fraction of sp³-hybridized carbons (Fsp3) is 0.600. The van der Waals surface area contributed by atoms with Crippen molar-refractivity contribution in [2.75, 3.05) is 24.5 Å². The van der Waals surface area contributed by atoms with Gasteiger partial charge in [0.05, 0.1) is 0 Å². The number of hydrogen-bond donors (Lipinski definition) is 1. The molecule has 1 atom stereocenters. The van der Waals surface area contributed by atoms with Crippen LogP contribution in [0, 0.1) is 5.92 Å². The lowest BCUT2D eigenvalue weighted by molar-refractivity contribution is 0.530. The molecular formula is C15H24N2. The predicted octanol–water partition coefficient (Wildman–Crippen LogP) is 2.81. The molecule has 0 aliphatic carbocycles. The zero-order valence-electron chi connectivity index (χ0n) is 10.9. The van der Waals surface area contributed by atoms with Crippen molar-refractivity contribution in [2.45, 2.75) is 32.6 Å². The van der Waals surface area contributed by atoms with Crippen LogP contribution in [-0.2, 0) is 6.42 Å². The van der Waals surface area contributed by atoms with Crippen LogP contribution in [0.4, 0.5) is 5.69 Å². The Balaban J connectivity index is 1.94. The summed E-state index contributed by atoms with van der Waals surface area (Å²) in [4.78, 5) is 2.52. The van der Waals surface area contributed by atoms with Crippen LogP contribution in [-0.4, -0.2) is 19.6 Å². The molecule has 94 valence electrons. The van der Waals surface area contributed by atoms with E-state index in [2.05, 4.69) is 36.1 Å². The summed E-state index contributed by atoms with van der Waals surface area (Å²) in [7, 11) is 0. The molecule has 2 nitrogen and oxygen atoms in total. The van der Waals surface area contributed by atoms with Crippen molar-refractivity contribution < 1.29 is 0 Å². The number of anilines is 1. The number of hydrogen-bond acceptors (Lipinski definition) is 2. The first-order chi connectivity index (χ1) is 8.33. The molecule has 1 aliphatic rings. The van der Waals surface area contributed by atoms with Crippen LogP contribution >= 0.6 is 0 Å². The Morgan fingerprint density at radius 1 is 1.29 bits per heavy atom. The Hall–Kier alpha value is -1.02. The van der Waals surface area contributed by atoms with E-state index in [1.165, 1.54) is 43.6 Å². The molecule has 0 radical (unpaired) electrons. The molecule has 0 aromatic heterocycles. The third-order valence-corrected chi connectivity index (χ3v) is 3.72. The predicted molar refractivity (Wildman–Crippen MR) is 74.4 cm³/mol. The molecule has 17 heavy (non-hydrogen) atoms. The summed E-state index contributed by atoms with van der Waals surface area (Å²) >= 11 is 0. The highest BCUT2D eigenvalue weighted by molar-refractivity contribution is 5.48. The number of rotatable bonds is 5. The summed E-state index contributed by atoms with van der Waals surface area (Å²) in [5.74, 6) is 0.906. The normalized spacial score (nSPS) is 19.9. The van der Waals surface area contributed by atoms with Crippen LogP contribution in [0.5, 0.6) is 0 Å². The van der Waals surface area contributed by atoms with Gasteiger partial charge in [0.25, 0.3) is 0 Å². The van der Waals surface area contributed by atoms with Crippen molar-refractivity contribution in [1.29, 1.82) is 0 Å². The van der Waals surface area contributed by atoms with Gasteiger partial charge in [-0.15, -0.1) is 0 Å². The monoisotopic (exact) mass is 232 g/mol. The largest absolute Gasteiger partial charge is 0.371 e. The van der Waals surface area contributed by atoms with E-state index in [0.29, 0.717) is 0 Å². The molecule has 0 amide bonds. The quantitative estimate of drug-likeness (QED) is 0.846. The Morgan fingerprint density at radius 2 is 2.06 bits per heavy atom. The van der Waals surface area contributed by atoms with E-state index < -0.39 is 0 Å². The average Bonchev–Trinajstić information content (AvgIpc) is 2.80. The van der Waals surface area contributed by atoms with Crippen molar-refractivity contribution in [3.8, 4) is 0 Å². The highest BCUT2D eigenvalue weighted by Crippen LogP contribution is 2.26. The molecule has 0 spiro atoms. The molecule has 2 rings (SSSR count). The van der Waals surface area contributed by atoms with Crippen LogP contribution in [0.25, 0.3) is 0 Å². The minimum Gasteiger partial charge on any atom is -0.371 e. The van der Waals surface area contributed by atoms with Gasteiger partial charge in [-0.2, -0.15) is 0 Å². The Bertz CT molecular complexity index is 331. The molecule has 2 N–H and O–H groups in total. The number of nitrogens with zero attached hydrogens (tertiary/aromatic N) is 1. The second-order valence-corrected chi connectivity index (χ2v) is 5.09. The van der Waals surface area contributed by atoms with Gasteiger partial charge >= 0.3 is 0 Å². The van der Waals surface area contributed by atoms with Gasteiger partial charge in [0, 0.05) is 18.8 Å². The van der Waals surface area contributed by atoms with Crippen molar-refractivity contribution in [3.63, 3.8) is 0 Å². The summed E-state index contributed by atoms with van der Waals surface area (Å²) in [6, 6.07) is 8.93. The SMILES string of the molecule is CCCC1CCN(c2ccc(CCN)cc2)C1. The maximum absolute atomic E-state index is 5.56. The van der Waals surface area contributed by atoms with Gasteiger partial charge in [-0.3, -0.25) is 0 Å². The zero-order valence-corrected chi connectivity index (χ0v) is 10.9. The third-order valence-electron chi connectivity index (χ3n) is 3.72. The van der Waals surface area contributed by atoms with Gasteiger partial charge in [0.1, 0.15) is 0 Å². The molecule has 1 saturated heterocycles. The smallest absolute Gasteiger partial charge is 0.0366 e. The summed E-state index contributed by atoms with van der Waals surface area (Å²) in [6.45, 7) is 5.48. The molecule has 1 unspecified atom stereocenters. The van der Waals surface area contributed by atoms with Crippen molar-refractivity contribution in [1.82, 2.24) is 0 Å². The molecular weight excluding hydrogens is 208 g/mol. The first-order valence-corrected chi connectivity index (χ1v) is 6.87. The maximum atomic E-state index is 5.56. The summed E-state index contributed by atoms with van der Waals surface area (Å²) < 4.78 is 0. The Morgan fingerprint density at radius 3 is 2.71 bits per heavy atom. The van der Waals surface area contributed by atoms with Gasteiger partial charge in [-0.1, -0.05) is 25.5 Å². The first kappa shape index (κ1) is 12.4. The second kappa shape index (κ2) is 6.06. The first-order valence-electron chi connectivity index (χ1n) is 6.87. The maximum Gasteiger partial charge on any atom is 0.0366 e. The lowest BCUT2D eigenvalue weighted by atomic mass is 10.0. The minimum atomic E-state index is 0.738. The van der Waals surface area contributed by atoms with Crippen LogP contribution < -0.4 is 10.6 Å². The molecule has 1 heterocycles. The van der Waals surface area contributed by atoms with Gasteiger partial charge in [0.2, 0.25) is 0 Å². The Kier molecular flexibility index (Phi) is 4.43. The average molecular weight is 232 g/mol. The second-order valence-electron chi connectivity index (χ2n) is 5.09. The minimum absolute atomic E-state index is 0.738. The van der Waals surface area contributed by atoms with Crippen LogP contribution in [0.3, 0.4) is 0 Å². The van der Waals surface area contributed by atoms with E-state index in [9.17, 15) is 0 Å². The lowest BCUT2D eigenvalue weighted by Gasteiger charge is -2.19. The highest BCUT2D eigenvalue weighted by Gasteiger charge is 2.21. The van der Waals surface area contributed by atoms with E-state index in [1.807, 2.05) is 0 Å². The van der Waals surface area contributed by atoms with Gasteiger partial charge < -0.3 is 10.6 Å². The van der Waals surface area contributed by atoms with Crippen molar-refractivity contribution >= 4 is 5.69 Å². The zero-order chi connectivity index (χ0) is 12.1. The van der Waals surface area contributed by atoms with Gasteiger partial charge in [0.15, 0.2) is 0 Å². The van der Waals surface area contributed by atoms with E-state index in [1.54, 1.807) is 0 Å². The molecule has 0 bridgehead atoms. The standard InChI is InChI=1S/C15H24N2/c1-2-3-14-9-11-17(12-14)15-6-4-13(5-7-15)8-10-16/h4-7,14H,2-3,8-12,16H2,1H3. The highest BCUT2D eigenvalue weighted by atomic mass is 15.1. The molecule has 2 heteroatoms. The summed E-state index contributed by atoms with van der Waals surface area (Å²) in [6.07, 6.45) is 5.03. The lowest BCUT2D eigenvalue weighted by Crippen LogP contribution is -2.19.